The molecule has 0 saturated heterocycles. The first-order valence-electron chi connectivity index (χ1n) is 3.56. The van der Waals surface area contributed by atoms with Crippen LogP contribution >= 0.6 is 0 Å². The van der Waals surface area contributed by atoms with Crippen molar-refractivity contribution >= 4 is 6.01 Å². The van der Waals surface area contributed by atoms with Crippen molar-refractivity contribution in [2.24, 2.45) is 0 Å². The Balaban J connectivity index is 2.43. The summed E-state index contributed by atoms with van der Waals surface area (Å²) < 4.78 is 29.4. The third kappa shape index (κ3) is 2.94. The van der Waals surface area contributed by atoms with Crippen LogP contribution in [-0.2, 0) is 0 Å². The largest absolute Gasteiger partial charge is 0.390 e. The first kappa shape index (κ1) is 9.85. The van der Waals surface area contributed by atoms with Crippen LogP contribution < -0.4 is 5.32 Å². The molecule has 1 heterocycles. The molecule has 0 spiro atoms. The fraction of sp³-hybridized carbons (Fsp3) is 0.667. The molecule has 1 rings (SSSR count). The number of nitrogens with zero attached hydrogens (tertiary/aromatic N) is 2. The molecule has 0 fully saturated rings. The zero-order valence-corrected chi connectivity index (χ0v) is 6.92. The highest BCUT2D eigenvalue weighted by Gasteiger charge is 2.27. The first-order valence-corrected chi connectivity index (χ1v) is 3.56. The number of nitrogens with one attached hydrogen (secondary N) is 1. The number of hydrogen-bond acceptors (Lipinski definition) is 5. The number of aromatic nitrogens is 2. The van der Waals surface area contributed by atoms with Gasteiger partial charge in [-0.3, -0.25) is 0 Å². The maximum Gasteiger partial charge on any atom is 0.321 e. The molecule has 0 bridgehead atoms. The number of aryl methyl sites for hydroxylation is 1. The van der Waals surface area contributed by atoms with Crippen LogP contribution in [0, 0.1) is 6.92 Å². The molecule has 5 nitrogen and oxygen atoms in total. The standard InChI is InChI=1S/C6H9F2N3O2/c1-4-10-5(13-11-4)9-2-6(7,8)3-12/h12H,2-3H2,1H3,(H,9,10,11). The van der Waals surface area contributed by atoms with Gasteiger partial charge in [-0.25, -0.2) is 8.78 Å². The van der Waals surface area contributed by atoms with Crippen molar-refractivity contribution < 1.29 is 18.4 Å². The van der Waals surface area contributed by atoms with Gasteiger partial charge < -0.3 is 14.9 Å². The van der Waals surface area contributed by atoms with E-state index in [2.05, 4.69) is 20.0 Å². The van der Waals surface area contributed by atoms with Crippen LogP contribution in [0.3, 0.4) is 0 Å². The summed E-state index contributed by atoms with van der Waals surface area (Å²) in [6.45, 7) is -0.378. The summed E-state index contributed by atoms with van der Waals surface area (Å²) in [5.74, 6) is -2.82. The van der Waals surface area contributed by atoms with Gasteiger partial charge >= 0.3 is 6.01 Å². The van der Waals surface area contributed by atoms with Gasteiger partial charge in [-0.1, -0.05) is 5.16 Å². The van der Waals surface area contributed by atoms with E-state index in [-0.39, 0.29) is 6.01 Å². The zero-order valence-electron chi connectivity index (χ0n) is 6.92. The molecule has 1 aromatic rings. The Morgan fingerprint density at radius 2 is 2.31 bits per heavy atom. The summed E-state index contributed by atoms with van der Waals surface area (Å²) in [7, 11) is 0. The Kier molecular flexibility index (Phi) is 2.76. The predicted molar refractivity (Wildman–Crippen MR) is 39.6 cm³/mol. The molecule has 13 heavy (non-hydrogen) atoms. The van der Waals surface area contributed by atoms with E-state index >= 15 is 0 Å². The molecule has 1 aromatic heterocycles. The maximum atomic E-state index is 12.4. The van der Waals surface area contributed by atoms with Crippen molar-refractivity contribution in [3.05, 3.63) is 5.82 Å². The van der Waals surface area contributed by atoms with E-state index in [1.165, 1.54) is 0 Å². The van der Waals surface area contributed by atoms with Gasteiger partial charge in [-0.2, -0.15) is 4.98 Å². The first-order chi connectivity index (χ1) is 6.03. The quantitative estimate of drug-likeness (QED) is 0.725. The van der Waals surface area contributed by atoms with Gasteiger partial charge in [0.15, 0.2) is 5.82 Å². The number of aliphatic hydroxyl groups is 1. The van der Waals surface area contributed by atoms with Gasteiger partial charge in [0.2, 0.25) is 0 Å². The van der Waals surface area contributed by atoms with Gasteiger partial charge in [0.1, 0.15) is 6.61 Å². The Labute approximate surface area is 72.8 Å². The van der Waals surface area contributed by atoms with Crippen LogP contribution in [0.1, 0.15) is 5.82 Å². The second-order valence-corrected chi connectivity index (χ2v) is 2.51. The second-order valence-electron chi connectivity index (χ2n) is 2.51. The maximum absolute atomic E-state index is 12.4. The average Bonchev–Trinajstić information content (AvgIpc) is 2.48. The van der Waals surface area contributed by atoms with Gasteiger partial charge in [-0.05, 0) is 6.92 Å². The molecule has 0 atom stereocenters. The fourth-order valence-corrected chi connectivity index (χ4v) is 0.630. The molecule has 0 unspecified atom stereocenters. The van der Waals surface area contributed by atoms with Crippen LogP contribution in [0.15, 0.2) is 4.52 Å². The molecule has 0 radical (unpaired) electrons. The molecule has 0 saturated carbocycles. The van der Waals surface area contributed by atoms with E-state index in [1.807, 2.05) is 0 Å². The number of rotatable bonds is 4. The highest BCUT2D eigenvalue weighted by atomic mass is 19.3. The van der Waals surface area contributed by atoms with E-state index < -0.39 is 19.1 Å². The monoisotopic (exact) mass is 193 g/mol. The van der Waals surface area contributed by atoms with E-state index in [9.17, 15) is 8.78 Å². The molecule has 0 aliphatic carbocycles. The van der Waals surface area contributed by atoms with E-state index in [1.54, 1.807) is 6.92 Å². The summed E-state index contributed by atoms with van der Waals surface area (Å²) in [4.78, 5) is 3.64. The topological polar surface area (TPSA) is 71.2 Å². The Morgan fingerprint density at radius 1 is 1.62 bits per heavy atom. The summed E-state index contributed by atoms with van der Waals surface area (Å²) in [6.07, 6.45) is 0. The summed E-state index contributed by atoms with van der Waals surface area (Å²) >= 11 is 0. The lowest BCUT2D eigenvalue weighted by Gasteiger charge is -2.11. The van der Waals surface area contributed by atoms with E-state index in [0.717, 1.165) is 0 Å². The lowest BCUT2D eigenvalue weighted by molar-refractivity contribution is -0.0376. The molecular weight excluding hydrogens is 184 g/mol. The predicted octanol–water partition coefficient (Wildman–Crippen LogP) is 0.418. The van der Waals surface area contributed by atoms with Gasteiger partial charge in [-0.15, -0.1) is 0 Å². The van der Waals surface area contributed by atoms with Crippen LogP contribution in [0.2, 0.25) is 0 Å². The van der Waals surface area contributed by atoms with Gasteiger partial charge in [0.25, 0.3) is 5.92 Å². The van der Waals surface area contributed by atoms with E-state index in [4.69, 9.17) is 5.11 Å². The molecule has 0 aliphatic heterocycles. The number of halogens is 2. The van der Waals surface area contributed by atoms with Crippen molar-refractivity contribution in [3.63, 3.8) is 0 Å². The molecular formula is C6H9F2N3O2. The summed E-state index contributed by atoms with van der Waals surface area (Å²) in [5.41, 5.74) is 0. The highest BCUT2D eigenvalue weighted by molar-refractivity contribution is 5.18. The van der Waals surface area contributed by atoms with Gasteiger partial charge in [0, 0.05) is 0 Å². The number of alkyl halides is 2. The van der Waals surface area contributed by atoms with Crippen LogP contribution in [0.25, 0.3) is 0 Å². The Morgan fingerprint density at radius 3 is 2.77 bits per heavy atom. The number of hydrogen-bond donors (Lipinski definition) is 2. The SMILES string of the molecule is Cc1noc(NCC(F)(F)CO)n1. The highest BCUT2D eigenvalue weighted by Crippen LogP contribution is 2.13. The lowest BCUT2D eigenvalue weighted by atomic mass is 10.3. The fourth-order valence-electron chi connectivity index (χ4n) is 0.630. The van der Waals surface area contributed by atoms with Crippen LogP contribution in [0.5, 0.6) is 0 Å². The lowest BCUT2D eigenvalue weighted by Crippen LogP contribution is -2.31. The van der Waals surface area contributed by atoms with Crippen molar-refractivity contribution in [2.75, 3.05) is 18.5 Å². The normalized spacial score (nSPS) is 11.7. The smallest absolute Gasteiger partial charge is 0.321 e. The Bertz CT molecular complexity index is 277. The second kappa shape index (κ2) is 3.65. The van der Waals surface area contributed by atoms with Crippen molar-refractivity contribution in [1.82, 2.24) is 10.1 Å². The Hall–Kier alpha value is -1.24. The molecule has 0 aromatic carbocycles. The molecule has 7 heteroatoms. The van der Waals surface area contributed by atoms with Crippen molar-refractivity contribution in [2.45, 2.75) is 12.8 Å². The molecule has 74 valence electrons. The molecule has 0 aliphatic rings. The summed E-state index contributed by atoms with van der Waals surface area (Å²) in [5, 5.41) is 13.8. The van der Waals surface area contributed by atoms with Crippen LogP contribution in [-0.4, -0.2) is 34.3 Å². The van der Waals surface area contributed by atoms with Crippen molar-refractivity contribution in [3.8, 4) is 0 Å². The van der Waals surface area contributed by atoms with Gasteiger partial charge in [0.05, 0.1) is 6.54 Å². The molecule has 2 N–H and O–H groups in total. The zero-order chi connectivity index (χ0) is 9.90. The minimum Gasteiger partial charge on any atom is -0.390 e. The number of anilines is 1. The van der Waals surface area contributed by atoms with Crippen molar-refractivity contribution in [1.29, 1.82) is 0 Å². The minimum absolute atomic E-state index is 0.0781. The van der Waals surface area contributed by atoms with E-state index in [0.29, 0.717) is 5.82 Å². The molecule has 0 amide bonds. The minimum atomic E-state index is -3.18. The van der Waals surface area contributed by atoms with Crippen LogP contribution in [0.4, 0.5) is 14.8 Å². The summed E-state index contributed by atoms with van der Waals surface area (Å²) in [6, 6.07) is -0.0781. The average molecular weight is 193 g/mol. The third-order valence-electron chi connectivity index (χ3n) is 1.26. The number of aliphatic hydroxyl groups excluding tert-OH is 1. The third-order valence-corrected chi connectivity index (χ3v) is 1.26.